The van der Waals surface area contributed by atoms with Gasteiger partial charge in [0.15, 0.2) is 5.78 Å². The Morgan fingerprint density at radius 3 is 1.78 bits per heavy atom. The lowest BCUT2D eigenvalue weighted by molar-refractivity contribution is -0.171. The van der Waals surface area contributed by atoms with Crippen LogP contribution in [0.4, 0.5) is 5.69 Å². The summed E-state index contributed by atoms with van der Waals surface area (Å²) in [5.74, 6) is -10.1. The fourth-order valence-electron chi connectivity index (χ4n) is 11.3. The third-order valence-electron chi connectivity index (χ3n) is 15.2. The van der Waals surface area contributed by atoms with E-state index in [9.17, 15) is 48.9 Å². The van der Waals surface area contributed by atoms with Gasteiger partial charge in [-0.1, -0.05) is 92.7 Å². The quantitative estimate of drug-likeness (QED) is 0.0134. The number of rotatable bonds is 26. The first-order valence-corrected chi connectivity index (χ1v) is 25.4. The summed E-state index contributed by atoms with van der Waals surface area (Å²) in [6.45, 7) is 10.1. The fourth-order valence-corrected chi connectivity index (χ4v) is 11.3. The Hall–Kier alpha value is -7.24. The molecule has 0 radical (unpaired) electrons. The average Bonchev–Trinajstić information content (AvgIpc) is 4.21. The molecule has 2 saturated heterocycles. The highest BCUT2D eigenvalue weighted by molar-refractivity contribution is 6.22. The first-order valence-electron chi connectivity index (χ1n) is 25.4. The van der Waals surface area contributed by atoms with Crippen LogP contribution in [0, 0.1) is 38.9 Å². The molecule has 0 saturated carbocycles. The molecular weight excluding hydrogens is 979 g/mol. The van der Waals surface area contributed by atoms with Crippen LogP contribution in [-0.4, -0.2) is 102 Å². The SMILES string of the molecule is CCC(C)(CC(C)(CC(C)(CC(C)(CC(C)(CC(c1ccccc1)C1C(=O)N(c2ccccc2)C(=O)C1C)C(=O)Oc1ccc(C(=O)c2ccccc2)c(O)c1)C(=O)OC)C(=O)O)C(=O)OCCO)C(=O)OCC1CO1. The molecule has 0 aromatic heterocycles. The Balaban J connectivity index is 1.46. The number of carbonyl (C=O) groups excluding carboxylic acids is 7. The zero-order valence-electron chi connectivity index (χ0n) is 44.4. The van der Waals surface area contributed by atoms with Crippen LogP contribution in [-0.2, 0) is 52.5 Å². The first-order chi connectivity index (χ1) is 35.9. The number of aromatic hydroxyl groups is 1. The number of epoxide rings is 1. The molecule has 0 aliphatic carbocycles. The van der Waals surface area contributed by atoms with Gasteiger partial charge in [0.1, 0.15) is 30.8 Å². The number of carboxylic acid groups (broad SMARTS) is 1. The van der Waals surface area contributed by atoms with Crippen LogP contribution in [0.1, 0.15) is 114 Å². The number of imide groups is 1. The van der Waals surface area contributed by atoms with E-state index in [0.717, 1.165) is 18.1 Å². The maximum Gasteiger partial charge on any atom is 0.317 e. The van der Waals surface area contributed by atoms with Gasteiger partial charge in [0, 0.05) is 17.5 Å². The number of hydrogen-bond donors (Lipinski definition) is 3. The molecule has 2 aliphatic rings. The van der Waals surface area contributed by atoms with Crippen LogP contribution in [0.25, 0.3) is 0 Å². The molecule has 3 N–H and O–H groups in total. The van der Waals surface area contributed by atoms with Crippen LogP contribution >= 0.6 is 0 Å². The number of amides is 2. The van der Waals surface area contributed by atoms with Crippen molar-refractivity contribution in [3.63, 3.8) is 0 Å². The summed E-state index contributed by atoms with van der Waals surface area (Å²) in [7, 11) is 1.10. The maximum absolute atomic E-state index is 15.4. The number of phenolic OH excluding ortho intramolecular Hbond substituents is 1. The zero-order valence-corrected chi connectivity index (χ0v) is 44.4. The largest absolute Gasteiger partial charge is 0.507 e. The van der Waals surface area contributed by atoms with E-state index in [1.165, 1.54) is 39.8 Å². The van der Waals surface area contributed by atoms with Crippen molar-refractivity contribution in [1.82, 2.24) is 0 Å². The summed E-state index contributed by atoms with van der Waals surface area (Å²) in [5.41, 5.74) is -7.94. The van der Waals surface area contributed by atoms with Gasteiger partial charge in [0.25, 0.3) is 0 Å². The molecule has 17 nitrogen and oxygen atoms in total. The smallest absolute Gasteiger partial charge is 0.317 e. The van der Waals surface area contributed by atoms with Gasteiger partial charge >= 0.3 is 29.8 Å². The van der Waals surface area contributed by atoms with Crippen molar-refractivity contribution in [1.29, 1.82) is 0 Å². The number of hydrogen-bond acceptors (Lipinski definition) is 15. The molecule has 4 aromatic carbocycles. The normalized spacial score (nSPS) is 20.5. The van der Waals surface area contributed by atoms with Crippen LogP contribution in [0.15, 0.2) is 109 Å². The molecular formula is C59H69NO16. The second-order valence-corrected chi connectivity index (χ2v) is 21.7. The van der Waals surface area contributed by atoms with E-state index in [0.29, 0.717) is 23.4 Å². The van der Waals surface area contributed by atoms with Gasteiger partial charge in [-0.25, -0.2) is 0 Å². The lowest BCUT2D eigenvalue weighted by Crippen LogP contribution is -2.49. The van der Waals surface area contributed by atoms with Crippen molar-refractivity contribution >= 4 is 53.1 Å². The number of aliphatic carboxylic acids is 1. The van der Waals surface area contributed by atoms with Crippen molar-refractivity contribution in [2.75, 3.05) is 38.4 Å². The van der Waals surface area contributed by atoms with Crippen LogP contribution in [0.5, 0.6) is 11.5 Å². The molecule has 17 heteroatoms. The number of phenols is 1. The predicted octanol–water partition coefficient (Wildman–Crippen LogP) is 8.27. The van der Waals surface area contributed by atoms with E-state index in [-0.39, 0.29) is 43.3 Å². The minimum absolute atomic E-state index is 0.0213. The van der Waals surface area contributed by atoms with Gasteiger partial charge in [-0.05, 0) is 109 Å². The number of carboxylic acids is 1. The molecule has 6 rings (SSSR count). The summed E-state index contributed by atoms with van der Waals surface area (Å²) in [4.78, 5) is 115. The standard InChI is InChI=1S/C59H69NO16/c1-9-55(3,52(69)75-32-42-31-74-42)33-59(7,53(70)73-28-27-61)36-57(5,50(66)67)35-58(6,51(68)72-8)34-56(4,54(71)76-41-25-26-43(45(62)29-41)47(63)39-21-15-11-16-22-39)30-44(38-19-13-10-14-20-38)46-37(2)48(64)60(49(46)65)40-23-17-12-18-24-40/h10-26,29,37,42,44,46,61-62H,9,27-28,30-36H2,1-8H3,(H,66,67). The molecule has 0 spiro atoms. The predicted molar refractivity (Wildman–Crippen MR) is 277 cm³/mol. The highest BCUT2D eigenvalue weighted by Crippen LogP contribution is 2.54. The Morgan fingerprint density at radius 1 is 0.697 bits per heavy atom. The molecule has 9 unspecified atom stereocenters. The van der Waals surface area contributed by atoms with Crippen molar-refractivity contribution in [2.45, 2.75) is 99.0 Å². The fraction of sp³-hybridized carbons (Fsp3) is 0.458. The van der Waals surface area contributed by atoms with Crippen LogP contribution in [0.3, 0.4) is 0 Å². The number of nitrogens with zero attached hydrogens (tertiary/aromatic N) is 1. The zero-order chi connectivity index (χ0) is 55.8. The molecule has 2 heterocycles. The minimum atomic E-state index is -2.05. The number of anilines is 1. The van der Waals surface area contributed by atoms with Gasteiger partial charge < -0.3 is 39.0 Å². The Kier molecular flexibility index (Phi) is 18.1. The topological polar surface area (TPSA) is 250 Å². The van der Waals surface area contributed by atoms with Crippen molar-refractivity contribution < 1.29 is 77.4 Å². The van der Waals surface area contributed by atoms with Gasteiger partial charge in [0.05, 0.1) is 64.6 Å². The maximum atomic E-state index is 15.4. The molecule has 2 aliphatic heterocycles. The molecule has 406 valence electrons. The lowest BCUT2D eigenvalue weighted by atomic mass is 9.58. The summed E-state index contributed by atoms with van der Waals surface area (Å²) in [6, 6.07) is 29.1. The molecule has 9 atom stereocenters. The molecule has 2 amide bonds. The highest BCUT2D eigenvalue weighted by Gasteiger charge is 2.58. The van der Waals surface area contributed by atoms with Gasteiger partial charge in [0.2, 0.25) is 11.8 Å². The minimum Gasteiger partial charge on any atom is -0.507 e. The van der Waals surface area contributed by atoms with Crippen LogP contribution < -0.4 is 9.64 Å². The summed E-state index contributed by atoms with van der Waals surface area (Å²) in [6.07, 6.45) is -2.31. The van der Waals surface area contributed by atoms with Crippen molar-refractivity contribution in [3.8, 4) is 11.5 Å². The molecule has 4 aromatic rings. The number of benzene rings is 4. The number of para-hydroxylation sites is 1. The number of esters is 4. The summed E-state index contributed by atoms with van der Waals surface area (Å²) in [5, 5.41) is 32.2. The molecule has 0 bridgehead atoms. The van der Waals surface area contributed by atoms with E-state index in [4.69, 9.17) is 23.7 Å². The second kappa shape index (κ2) is 23.8. The Bertz CT molecular complexity index is 2780. The first kappa shape index (κ1) is 58.0. The average molecular weight is 1050 g/mol. The van der Waals surface area contributed by atoms with Crippen molar-refractivity contribution in [2.24, 2.45) is 38.9 Å². The number of carbonyl (C=O) groups is 8. The van der Waals surface area contributed by atoms with Gasteiger partial charge in [-0.2, -0.15) is 0 Å². The number of ether oxygens (including phenoxy) is 5. The van der Waals surface area contributed by atoms with Gasteiger partial charge in [-0.15, -0.1) is 0 Å². The van der Waals surface area contributed by atoms with E-state index in [2.05, 4.69) is 0 Å². The number of methoxy groups -OCH3 is 1. The van der Waals surface area contributed by atoms with Crippen molar-refractivity contribution in [3.05, 3.63) is 126 Å². The van der Waals surface area contributed by atoms with E-state index in [1.54, 1.807) is 112 Å². The number of aliphatic hydroxyl groups excluding tert-OH is 1. The second-order valence-electron chi connectivity index (χ2n) is 21.7. The van der Waals surface area contributed by atoms with E-state index in [1.807, 2.05) is 0 Å². The number of ketones is 1. The molecule has 76 heavy (non-hydrogen) atoms. The molecule has 2 fully saturated rings. The third kappa shape index (κ3) is 12.9. The van der Waals surface area contributed by atoms with E-state index >= 15 is 4.79 Å². The Morgan fingerprint density at radius 2 is 1.24 bits per heavy atom. The monoisotopic (exact) mass is 1050 g/mol. The van der Waals surface area contributed by atoms with Crippen LogP contribution in [0.2, 0.25) is 0 Å². The summed E-state index contributed by atoms with van der Waals surface area (Å²) < 4.78 is 27.8. The Labute approximate surface area is 442 Å². The summed E-state index contributed by atoms with van der Waals surface area (Å²) >= 11 is 0. The van der Waals surface area contributed by atoms with Gasteiger partial charge in [-0.3, -0.25) is 43.3 Å². The third-order valence-corrected chi connectivity index (χ3v) is 15.2. The lowest BCUT2D eigenvalue weighted by Gasteiger charge is -2.44. The highest BCUT2D eigenvalue weighted by atomic mass is 16.6. The van der Waals surface area contributed by atoms with E-state index < -0.39 is 130 Å². The number of aliphatic hydroxyl groups is 1.